The van der Waals surface area contributed by atoms with Gasteiger partial charge < -0.3 is 15.2 Å². The number of benzene rings is 1. The third-order valence-corrected chi connectivity index (χ3v) is 4.16. The van der Waals surface area contributed by atoms with E-state index in [9.17, 15) is 14.4 Å². The summed E-state index contributed by atoms with van der Waals surface area (Å²) in [6.07, 6.45) is 3.54. The Kier molecular flexibility index (Phi) is 6.74. The molecule has 0 saturated heterocycles. The molecule has 0 saturated carbocycles. The average Bonchev–Trinajstić information content (AvgIpc) is 2.60. The van der Waals surface area contributed by atoms with Crippen LogP contribution < -0.4 is 5.32 Å². The van der Waals surface area contributed by atoms with Crippen LogP contribution in [0.3, 0.4) is 0 Å². The molecule has 0 radical (unpaired) electrons. The number of carbonyl (C=O) groups excluding carboxylic acids is 2. The number of ether oxygens (including phenoxy) is 1. The molecule has 25 heavy (non-hydrogen) atoms. The van der Waals surface area contributed by atoms with Gasteiger partial charge in [0.25, 0.3) is 0 Å². The second-order valence-electron chi connectivity index (χ2n) is 6.22. The van der Waals surface area contributed by atoms with Crippen LogP contribution in [-0.4, -0.2) is 29.5 Å². The molecule has 2 rings (SSSR count). The first-order chi connectivity index (χ1) is 12.0. The van der Waals surface area contributed by atoms with Crippen LogP contribution in [0.15, 0.2) is 42.5 Å². The summed E-state index contributed by atoms with van der Waals surface area (Å²) in [5, 5.41) is 11.7. The molecule has 1 aliphatic rings. The molecule has 1 amide bonds. The van der Waals surface area contributed by atoms with Gasteiger partial charge in [-0.05, 0) is 18.4 Å². The number of carboxylic acids is 1. The van der Waals surface area contributed by atoms with E-state index >= 15 is 0 Å². The van der Waals surface area contributed by atoms with Gasteiger partial charge in [0.2, 0.25) is 5.91 Å². The maximum atomic E-state index is 12.3. The second-order valence-corrected chi connectivity index (χ2v) is 6.22. The van der Waals surface area contributed by atoms with Crippen molar-refractivity contribution < 1.29 is 24.2 Å². The van der Waals surface area contributed by atoms with Gasteiger partial charge in [0.05, 0.1) is 24.8 Å². The number of cyclic esters (lactones) is 1. The van der Waals surface area contributed by atoms with E-state index in [-0.39, 0.29) is 30.8 Å². The zero-order valence-corrected chi connectivity index (χ0v) is 14.2. The van der Waals surface area contributed by atoms with E-state index in [0.717, 1.165) is 5.56 Å². The van der Waals surface area contributed by atoms with E-state index < -0.39 is 18.0 Å². The lowest BCUT2D eigenvalue weighted by Gasteiger charge is -2.23. The minimum Gasteiger partial charge on any atom is -0.481 e. The fourth-order valence-electron chi connectivity index (χ4n) is 2.64. The van der Waals surface area contributed by atoms with E-state index in [1.54, 1.807) is 19.1 Å². The van der Waals surface area contributed by atoms with Crippen molar-refractivity contribution in [1.29, 1.82) is 0 Å². The Morgan fingerprint density at radius 1 is 1.20 bits per heavy atom. The summed E-state index contributed by atoms with van der Waals surface area (Å²) in [4.78, 5) is 35.6. The number of esters is 1. The number of carboxylic acid groups (broad SMARTS) is 1. The molecular formula is C19H23NO5. The van der Waals surface area contributed by atoms with Gasteiger partial charge >= 0.3 is 11.9 Å². The molecule has 3 atom stereocenters. The minimum atomic E-state index is -1.01. The van der Waals surface area contributed by atoms with Crippen LogP contribution in [0.2, 0.25) is 0 Å². The Bertz CT molecular complexity index is 640. The van der Waals surface area contributed by atoms with Gasteiger partial charge in [0.15, 0.2) is 0 Å². The van der Waals surface area contributed by atoms with Gasteiger partial charge in [0.1, 0.15) is 6.10 Å². The second kappa shape index (κ2) is 9.01. The van der Waals surface area contributed by atoms with E-state index in [1.807, 2.05) is 30.3 Å². The van der Waals surface area contributed by atoms with Crippen molar-refractivity contribution in [2.75, 3.05) is 6.54 Å². The van der Waals surface area contributed by atoms with Crippen molar-refractivity contribution in [2.24, 2.45) is 11.8 Å². The Balaban J connectivity index is 2.21. The molecule has 134 valence electrons. The van der Waals surface area contributed by atoms with Gasteiger partial charge in [0, 0.05) is 0 Å². The number of hydrogen-bond acceptors (Lipinski definition) is 4. The maximum absolute atomic E-state index is 12.3. The Morgan fingerprint density at radius 3 is 2.56 bits per heavy atom. The van der Waals surface area contributed by atoms with Crippen LogP contribution in [0.1, 0.15) is 37.9 Å². The number of allylic oxidation sites excluding steroid dienone is 2. The van der Waals surface area contributed by atoms with Gasteiger partial charge in [-0.15, -0.1) is 0 Å². The lowest BCUT2D eigenvalue weighted by molar-refractivity contribution is -0.154. The van der Waals surface area contributed by atoms with Gasteiger partial charge in [-0.25, -0.2) is 0 Å². The van der Waals surface area contributed by atoms with Gasteiger partial charge in [-0.2, -0.15) is 0 Å². The zero-order valence-electron chi connectivity index (χ0n) is 14.2. The van der Waals surface area contributed by atoms with Crippen molar-refractivity contribution in [3.63, 3.8) is 0 Å². The lowest BCUT2D eigenvalue weighted by Crippen LogP contribution is -2.36. The molecule has 0 spiro atoms. The number of carbonyl (C=O) groups is 3. The fraction of sp³-hybridized carbons (Fsp3) is 0.421. The summed E-state index contributed by atoms with van der Waals surface area (Å²) in [6, 6.07) is 9.18. The Hall–Kier alpha value is -2.63. The van der Waals surface area contributed by atoms with E-state index in [2.05, 4.69) is 5.32 Å². The molecule has 1 aromatic carbocycles. The fourth-order valence-corrected chi connectivity index (χ4v) is 2.64. The number of rotatable bonds is 3. The van der Waals surface area contributed by atoms with Crippen molar-refractivity contribution in [3.05, 3.63) is 48.0 Å². The van der Waals surface area contributed by atoms with E-state index in [0.29, 0.717) is 12.8 Å². The Labute approximate surface area is 146 Å². The first-order valence-electron chi connectivity index (χ1n) is 8.37. The summed E-state index contributed by atoms with van der Waals surface area (Å²) >= 11 is 0. The standard InChI is InChI=1S/C19H23NO5/c1-13-7-5-6-10-15(11-17(21)22)18(23)20-12-16(25-19(13)24)14-8-3-2-4-9-14/h2-6,8-9,13,15-16H,7,10-12H2,1H3,(H,20,23)(H,21,22)/t13-,15-,16-/m0/s1. The average molecular weight is 345 g/mol. The highest BCUT2D eigenvalue weighted by atomic mass is 16.5. The molecule has 0 aliphatic carbocycles. The molecule has 0 bridgehead atoms. The molecule has 0 fully saturated rings. The van der Waals surface area contributed by atoms with Crippen molar-refractivity contribution >= 4 is 17.8 Å². The molecule has 1 aliphatic heterocycles. The number of nitrogens with one attached hydrogen (secondary N) is 1. The molecule has 0 aromatic heterocycles. The summed E-state index contributed by atoms with van der Waals surface area (Å²) in [7, 11) is 0. The van der Waals surface area contributed by atoms with Crippen LogP contribution in [0.25, 0.3) is 0 Å². The summed E-state index contributed by atoms with van der Waals surface area (Å²) in [5.74, 6) is -2.64. The summed E-state index contributed by atoms with van der Waals surface area (Å²) in [5.41, 5.74) is 0.783. The van der Waals surface area contributed by atoms with Crippen molar-refractivity contribution in [3.8, 4) is 0 Å². The number of aliphatic carboxylic acids is 1. The summed E-state index contributed by atoms with van der Waals surface area (Å²) in [6.45, 7) is 1.90. The normalized spacial score (nSPS) is 25.2. The molecular weight excluding hydrogens is 322 g/mol. The predicted molar refractivity (Wildman–Crippen MR) is 91.6 cm³/mol. The van der Waals surface area contributed by atoms with Crippen LogP contribution >= 0.6 is 0 Å². The van der Waals surface area contributed by atoms with Gasteiger partial charge in [-0.1, -0.05) is 49.4 Å². The van der Waals surface area contributed by atoms with Crippen LogP contribution in [0.5, 0.6) is 0 Å². The quantitative estimate of drug-likeness (QED) is 0.648. The molecule has 1 heterocycles. The van der Waals surface area contributed by atoms with Crippen molar-refractivity contribution in [1.82, 2.24) is 5.32 Å². The lowest BCUT2D eigenvalue weighted by atomic mass is 9.98. The van der Waals surface area contributed by atoms with Crippen LogP contribution in [0, 0.1) is 11.8 Å². The number of hydrogen-bond donors (Lipinski definition) is 2. The van der Waals surface area contributed by atoms with E-state index in [1.165, 1.54) is 0 Å². The van der Waals surface area contributed by atoms with Crippen LogP contribution in [0.4, 0.5) is 0 Å². The van der Waals surface area contributed by atoms with Gasteiger partial charge in [-0.3, -0.25) is 14.4 Å². The smallest absolute Gasteiger partial charge is 0.309 e. The third kappa shape index (κ3) is 5.74. The highest BCUT2D eigenvalue weighted by Gasteiger charge is 2.25. The monoisotopic (exact) mass is 345 g/mol. The highest BCUT2D eigenvalue weighted by Crippen LogP contribution is 2.21. The van der Waals surface area contributed by atoms with Crippen LogP contribution in [-0.2, 0) is 19.1 Å². The summed E-state index contributed by atoms with van der Waals surface area (Å²) < 4.78 is 5.58. The number of amides is 1. The molecule has 1 aromatic rings. The largest absolute Gasteiger partial charge is 0.481 e. The van der Waals surface area contributed by atoms with E-state index in [4.69, 9.17) is 9.84 Å². The molecule has 2 N–H and O–H groups in total. The molecule has 0 unspecified atom stereocenters. The van der Waals surface area contributed by atoms with Crippen molar-refractivity contribution in [2.45, 2.75) is 32.3 Å². The minimum absolute atomic E-state index is 0.112. The maximum Gasteiger partial charge on any atom is 0.309 e. The SMILES string of the molecule is C[C@H]1CC=CC[C@@H](CC(=O)O)C(=O)NC[C@@H](c2ccccc2)OC1=O. The first-order valence-corrected chi connectivity index (χ1v) is 8.37. The molecule has 6 heteroatoms. The third-order valence-electron chi connectivity index (χ3n) is 4.16. The highest BCUT2D eigenvalue weighted by molar-refractivity contribution is 5.83. The molecule has 6 nitrogen and oxygen atoms in total. The predicted octanol–water partition coefficient (Wildman–Crippen LogP) is 2.46. The Morgan fingerprint density at radius 2 is 1.88 bits per heavy atom. The zero-order chi connectivity index (χ0) is 18.2. The first kappa shape index (κ1) is 18.7. The topological polar surface area (TPSA) is 92.7 Å².